The fourth-order valence-corrected chi connectivity index (χ4v) is 1.33. The number of rotatable bonds is 4. The van der Waals surface area contributed by atoms with Gasteiger partial charge in [0, 0.05) is 11.8 Å². The van der Waals surface area contributed by atoms with Crippen molar-refractivity contribution in [2.24, 2.45) is 0 Å². The highest BCUT2D eigenvalue weighted by Gasteiger charge is 2.15. The first-order valence-corrected chi connectivity index (χ1v) is 5.00. The topological polar surface area (TPSA) is 80.8 Å². The van der Waals surface area contributed by atoms with E-state index in [1.165, 1.54) is 24.5 Å². The van der Waals surface area contributed by atoms with Crippen LogP contribution in [-0.4, -0.2) is 27.7 Å². The molecule has 0 saturated heterocycles. The number of carbonyl (C=O) groups excluding carboxylic acids is 1. The third-order valence-corrected chi connectivity index (χ3v) is 2.14. The zero-order chi connectivity index (χ0) is 13.8. The molecular weight excluding hydrogens is 258 g/mol. The molecule has 0 bridgehead atoms. The number of aldehydes is 1. The van der Waals surface area contributed by atoms with Crippen molar-refractivity contribution >= 4 is 6.29 Å². The van der Waals surface area contributed by atoms with Gasteiger partial charge in [0.25, 0.3) is 5.88 Å². The zero-order valence-corrected chi connectivity index (χ0v) is 9.33. The molecule has 0 saturated carbocycles. The van der Waals surface area contributed by atoms with Crippen LogP contribution in [0.2, 0.25) is 0 Å². The monoisotopic (exact) mass is 264 g/mol. The lowest BCUT2D eigenvalue weighted by atomic mass is 10.3. The summed E-state index contributed by atoms with van der Waals surface area (Å²) in [5.41, 5.74) is 0.224. The van der Waals surface area contributed by atoms with E-state index in [0.717, 1.165) is 4.68 Å². The molecule has 0 aliphatic carbocycles. The normalized spacial score (nSPS) is 10.2. The summed E-state index contributed by atoms with van der Waals surface area (Å²) < 4.78 is 29.5. The number of ether oxygens (including phenoxy) is 1. The summed E-state index contributed by atoms with van der Waals surface area (Å²) >= 11 is 0. The van der Waals surface area contributed by atoms with Gasteiger partial charge in [-0.25, -0.2) is 9.67 Å². The molecular formula is C11H6F2N4O2. The average molecular weight is 264 g/mol. The van der Waals surface area contributed by atoms with E-state index in [1.54, 1.807) is 6.07 Å². The SMILES string of the molecule is N#Cc1cn(-c2ccc(C=O)cn2)nc1OC(F)F. The third-order valence-electron chi connectivity index (χ3n) is 2.14. The number of carbonyl (C=O) groups is 1. The largest absolute Gasteiger partial charge is 0.414 e. The van der Waals surface area contributed by atoms with E-state index in [1.807, 2.05) is 0 Å². The number of hydrogen-bond donors (Lipinski definition) is 0. The molecule has 2 aromatic rings. The first-order valence-electron chi connectivity index (χ1n) is 5.00. The molecule has 0 spiro atoms. The molecule has 0 atom stereocenters. The van der Waals surface area contributed by atoms with Gasteiger partial charge in [-0.1, -0.05) is 0 Å². The number of hydrogen-bond acceptors (Lipinski definition) is 5. The van der Waals surface area contributed by atoms with Crippen LogP contribution < -0.4 is 4.74 Å². The molecule has 2 aromatic heterocycles. The highest BCUT2D eigenvalue weighted by molar-refractivity contribution is 5.74. The minimum Gasteiger partial charge on any atom is -0.414 e. The molecule has 0 fully saturated rings. The van der Waals surface area contributed by atoms with Crippen molar-refractivity contribution in [3.63, 3.8) is 0 Å². The van der Waals surface area contributed by atoms with Crippen molar-refractivity contribution in [1.82, 2.24) is 14.8 Å². The number of nitrogens with zero attached hydrogens (tertiary/aromatic N) is 4. The molecule has 8 heteroatoms. The van der Waals surface area contributed by atoms with Crippen LogP contribution >= 0.6 is 0 Å². The molecule has 2 heterocycles. The molecule has 0 unspecified atom stereocenters. The Kier molecular flexibility index (Phi) is 3.47. The second-order valence-corrected chi connectivity index (χ2v) is 3.35. The van der Waals surface area contributed by atoms with Gasteiger partial charge in [-0.2, -0.15) is 14.0 Å². The predicted octanol–water partition coefficient (Wildman–Crippen LogP) is 1.55. The van der Waals surface area contributed by atoms with Crippen molar-refractivity contribution in [2.75, 3.05) is 0 Å². The lowest BCUT2D eigenvalue weighted by molar-refractivity contribution is -0.0532. The zero-order valence-electron chi connectivity index (χ0n) is 9.33. The standard InChI is InChI=1S/C11H6F2N4O2/c12-11(13)19-10-8(3-14)5-17(16-10)9-2-1-7(6-18)4-15-9/h1-2,4-6,11H. The van der Waals surface area contributed by atoms with Gasteiger partial charge in [0.1, 0.15) is 11.6 Å². The average Bonchev–Trinajstić information content (AvgIpc) is 2.81. The lowest BCUT2D eigenvalue weighted by Gasteiger charge is -2.00. The summed E-state index contributed by atoms with van der Waals surface area (Å²) in [5.74, 6) is -0.204. The summed E-state index contributed by atoms with van der Waals surface area (Å²) in [6.07, 6.45) is 3.12. The Morgan fingerprint density at radius 1 is 1.47 bits per heavy atom. The first-order chi connectivity index (χ1) is 9.13. The van der Waals surface area contributed by atoms with Crippen molar-refractivity contribution < 1.29 is 18.3 Å². The summed E-state index contributed by atoms with van der Waals surface area (Å²) in [6, 6.07) is 4.63. The fourth-order valence-electron chi connectivity index (χ4n) is 1.33. The molecule has 0 radical (unpaired) electrons. The van der Waals surface area contributed by atoms with Gasteiger partial charge in [-0.3, -0.25) is 4.79 Å². The number of halogens is 2. The maximum Gasteiger partial charge on any atom is 0.388 e. The van der Waals surface area contributed by atoms with E-state index in [9.17, 15) is 13.6 Å². The van der Waals surface area contributed by atoms with Gasteiger partial charge in [-0.05, 0) is 12.1 Å². The van der Waals surface area contributed by atoms with Gasteiger partial charge in [0.15, 0.2) is 12.1 Å². The van der Waals surface area contributed by atoms with Crippen LogP contribution in [0.25, 0.3) is 5.82 Å². The molecule has 6 nitrogen and oxygen atoms in total. The molecule has 2 rings (SSSR count). The second kappa shape index (κ2) is 5.22. The Balaban J connectivity index is 2.37. The minimum absolute atomic E-state index is 0.137. The molecule has 0 aromatic carbocycles. The fraction of sp³-hybridized carbons (Fsp3) is 0.0909. The maximum atomic E-state index is 12.1. The van der Waals surface area contributed by atoms with Gasteiger partial charge >= 0.3 is 6.61 Å². The highest BCUT2D eigenvalue weighted by Crippen LogP contribution is 2.19. The first kappa shape index (κ1) is 12.6. The Labute approximate surface area is 105 Å². The minimum atomic E-state index is -3.07. The Hall–Kier alpha value is -2.82. The summed E-state index contributed by atoms with van der Waals surface area (Å²) in [7, 11) is 0. The second-order valence-electron chi connectivity index (χ2n) is 3.35. The third kappa shape index (κ3) is 2.71. The predicted molar refractivity (Wildman–Crippen MR) is 58.1 cm³/mol. The van der Waals surface area contributed by atoms with Crippen molar-refractivity contribution in [2.45, 2.75) is 6.61 Å². The number of nitriles is 1. The quantitative estimate of drug-likeness (QED) is 0.782. The van der Waals surface area contributed by atoms with Crippen LogP contribution in [0.1, 0.15) is 15.9 Å². The van der Waals surface area contributed by atoms with Crippen molar-refractivity contribution in [3.05, 3.63) is 35.7 Å². The van der Waals surface area contributed by atoms with E-state index in [-0.39, 0.29) is 11.4 Å². The Bertz CT molecular complexity index is 631. The van der Waals surface area contributed by atoms with Gasteiger partial charge in [0.2, 0.25) is 0 Å². The molecule has 0 N–H and O–H groups in total. The van der Waals surface area contributed by atoms with E-state index >= 15 is 0 Å². The van der Waals surface area contributed by atoms with Gasteiger partial charge in [-0.15, -0.1) is 5.10 Å². The van der Waals surface area contributed by atoms with E-state index in [4.69, 9.17) is 5.26 Å². The number of pyridine rings is 1. The molecule has 0 amide bonds. The van der Waals surface area contributed by atoms with E-state index in [0.29, 0.717) is 11.8 Å². The molecule has 96 valence electrons. The lowest BCUT2D eigenvalue weighted by Crippen LogP contribution is -2.04. The highest BCUT2D eigenvalue weighted by atomic mass is 19.3. The number of aromatic nitrogens is 3. The molecule has 19 heavy (non-hydrogen) atoms. The summed E-state index contributed by atoms with van der Waals surface area (Å²) in [5, 5.41) is 12.5. The smallest absolute Gasteiger partial charge is 0.388 e. The van der Waals surface area contributed by atoms with Crippen LogP contribution in [-0.2, 0) is 0 Å². The Morgan fingerprint density at radius 3 is 2.79 bits per heavy atom. The number of alkyl halides is 2. The van der Waals surface area contributed by atoms with Crippen LogP contribution in [0.4, 0.5) is 8.78 Å². The van der Waals surface area contributed by atoms with Gasteiger partial charge in [0.05, 0.1) is 6.20 Å². The van der Waals surface area contributed by atoms with Crippen LogP contribution in [0.15, 0.2) is 24.5 Å². The van der Waals surface area contributed by atoms with E-state index < -0.39 is 12.5 Å². The van der Waals surface area contributed by atoms with E-state index in [2.05, 4.69) is 14.8 Å². The summed E-state index contributed by atoms with van der Waals surface area (Å²) in [6.45, 7) is -3.07. The maximum absolute atomic E-state index is 12.1. The summed E-state index contributed by atoms with van der Waals surface area (Å²) in [4.78, 5) is 14.4. The van der Waals surface area contributed by atoms with Crippen molar-refractivity contribution in [3.8, 4) is 17.8 Å². The van der Waals surface area contributed by atoms with Crippen LogP contribution in [0.3, 0.4) is 0 Å². The van der Waals surface area contributed by atoms with Crippen molar-refractivity contribution in [1.29, 1.82) is 5.26 Å². The van der Waals surface area contributed by atoms with Crippen LogP contribution in [0, 0.1) is 11.3 Å². The van der Waals surface area contributed by atoms with Gasteiger partial charge < -0.3 is 4.74 Å². The molecule has 0 aliphatic heterocycles. The molecule has 0 aliphatic rings. The van der Waals surface area contributed by atoms with Crippen LogP contribution in [0.5, 0.6) is 5.88 Å². The Morgan fingerprint density at radius 2 is 2.26 bits per heavy atom.